The summed E-state index contributed by atoms with van der Waals surface area (Å²) in [6.07, 6.45) is 1.90. The third kappa shape index (κ3) is 1.64. The minimum Gasteiger partial charge on any atom is -0.266 e. The van der Waals surface area contributed by atoms with Crippen LogP contribution in [0.5, 0.6) is 0 Å². The van der Waals surface area contributed by atoms with Gasteiger partial charge in [0.2, 0.25) is 0 Å². The average molecular weight is 453 g/mol. The van der Waals surface area contributed by atoms with Crippen molar-refractivity contribution in [2.45, 2.75) is 38.5 Å². The van der Waals surface area contributed by atoms with Crippen LogP contribution in [0.2, 0.25) is 0 Å². The fourth-order valence-electron chi connectivity index (χ4n) is 4.31. The fourth-order valence-corrected chi connectivity index (χ4v) is 4.31. The molecule has 4 rings (SSSR count). The van der Waals surface area contributed by atoms with Gasteiger partial charge in [0, 0.05) is 37.4 Å². The van der Waals surface area contributed by atoms with E-state index in [4.69, 9.17) is 0 Å². The summed E-state index contributed by atoms with van der Waals surface area (Å²) in [5.41, 5.74) is 8.04. The molecule has 1 radical (unpaired) electrons. The number of hydrogen-bond donors (Lipinski definition) is 0. The van der Waals surface area contributed by atoms with Crippen LogP contribution in [0, 0.1) is 6.07 Å². The Morgan fingerprint density at radius 3 is 2.38 bits per heavy atom. The van der Waals surface area contributed by atoms with Gasteiger partial charge in [0.05, 0.1) is 0 Å². The van der Waals surface area contributed by atoms with Crippen LogP contribution < -0.4 is 0 Å². The zero-order chi connectivity index (χ0) is 14.1. The van der Waals surface area contributed by atoms with E-state index >= 15 is 0 Å². The molecule has 2 heteroatoms. The van der Waals surface area contributed by atoms with Crippen molar-refractivity contribution < 1.29 is 20.1 Å². The Morgan fingerprint density at radius 1 is 0.952 bits per heavy atom. The van der Waals surface area contributed by atoms with Crippen LogP contribution in [0.1, 0.15) is 50.1 Å². The van der Waals surface area contributed by atoms with Gasteiger partial charge in [-0.2, -0.15) is 0 Å². The summed E-state index contributed by atoms with van der Waals surface area (Å²) in [7, 11) is 0. The summed E-state index contributed by atoms with van der Waals surface area (Å²) < 4.78 is 0. The third-order valence-electron chi connectivity index (χ3n) is 5.00. The van der Waals surface area contributed by atoms with Gasteiger partial charge in [-0.15, -0.1) is 35.4 Å². The third-order valence-corrected chi connectivity index (χ3v) is 5.00. The van der Waals surface area contributed by atoms with Crippen LogP contribution in [0.15, 0.2) is 42.1 Å². The Balaban J connectivity index is 0.00000132. The van der Waals surface area contributed by atoms with Gasteiger partial charge < -0.3 is 0 Å². The van der Waals surface area contributed by atoms with E-state index in [2.05, 4.69) is 56.9 Å². The molecule has 2 aliphatic rings. The summed E-state index contributed by atoms with van der Waals surface area (Å²) in [6.45, 7) is 9.30. The second kappa shape index (κ2) is 4.38. The van der Waals surface area contributed by atoms with Crippen LogP contribution in [0.4, 0.5) is 0 Å². The van der Waals surface area contributed by atoms with E-state index < -0.39 is 0 Å². The Kier molecular flexibility index (Phi) is 3.06. The van der Waals surface area contributed by atoms with E-state index in [0.29, 0.717) is 0 Å². The first kappa shape index (κ1) is 14.7. The van der Waals surface area contributed by atoms with E-state index in [-0.39, 0.29) is 30.9 Å². The predicted molar refractivity (Wildman–Crippen MR) is 81.6 cm³/mol. The van der Waals surface area contributed by atoms with Gasteiger partial charge in [-0.3, -0.25) is 4.98 Å². The van der Waals surface area contributed by atoms with Crippen LogP contribution in [0.25, 0.3) is 5.57 Å². The molecule has 0 unspecified atom stereocenters. The molecule has 109 valence electrons. The summed E-state index contributed by atoms with van der Waals surface area (Å²) in [4.78, 5) is 4.68. The maximum Gasteiger partial charge on any atom is 0.0335 e. The topological polar surface area (TPSA) is 12.9 Å². The van der Waals surface area contributed by atoms with Gasteiger partial charge >= 0.3 is 0 Å². The van der Waals surface area contributed by atoms with Crippen LogP contribution in [0.3, 0.4) is 0 Å². The average Bonchev–Trinajstić information content (AvgIpc) is 2.82. The quantitative estimate of drug-likeness (QED) is 0.545. The van der Waals surface area contributed by atoms with Crippen molar-refractivity contribution in [2.75, 3.05) is 0 Å². The molecule has 1 aromatic heterocycles. The number of nitrogens with zero attached hydrogens (tertiary/aromatic N) is 1. The number of allylic oxidation sites excluding steroid dienone is 1. The largest absolute Gasteiger partial charge is 0.266 e. The minimum atomic E-state index is 0. The first-order valence-corrected chi connectivity index (χ1v) is 7.18. The number of aromatic nitrogens is 1. The summed E-state index contributed by atoms with van der Waals surface area (Å²) in [5.74, 6) is 0. The molecule has 0 bridgehead atoms. The molecule has 2 aliphatic carbocycles. The van der Waals surface area contributed by atoms with E-state index in [9.17, 15) is 0 Å². The molecule has 0 amide bonds. The molecule has 0 fully saturated rings. The second-order valence-electron chi connectivity index (χ2n) is 6.86. The van der Waals surface area contributed by atoms with Gasteiger partial charge in [-0.1, -0.05) is 44.9 Å². The van der Waals surface area contributed by atoms with Crippen LogP contribution in [-0.4, -0.2) is 4.98 Å². The molecule has 0 aliphatic heterocycles. The van der Waals surface area contributed by atoms with Crippen molar-refractivity contribution in [3.63, 3.8) is 0 Å². The number of rotatable bonds is 0. The Labute approximate surface area is 139 Å². The summed E-state index contributed by atoms with van der Waals surface area (Å²) in [5, 5.41) is 0. The van der Waals surface area contributed by atoms with Gasteiger partial charge in [0.15, 0.2) is 0 Å². The smallest absolute Gasteiger partial charge is 0.0335 e. The van der Waals surface area contributed by atoms with Crippen molar-refractivity contribution in [1.29, 1.82) is 0 Å². The molecule has 0 atom stereocenters. The molecule has 0 N–H and O–H groups in total. The molecule has 21 heavy (non-hydrogen) atoms. The van der Waals surface area contributed by atoms with Crippen molar-refractivity contribution in [2.24, 2.45) is 0 Å². The van der Waals surface area contributed by atoms with Gasteiger partial charge in [-0.25, -0.2) is 0 Å². The van der Waals surface area contributed by atoms with E-state index in [1.807, 2.05) is 18.3 Å². The molecule has 1 aromatic carbocycles. The van der Waals surface area contributed by atoms with Crippen molar-refractivity contribution in [3.05, 3.63) is 70.6 Å². The minimum absolute atomic E-state index is 0. The molecular formula is C19H18IrN-. The predicted octanol–water partition coefficient (Wildman–Crippen LogP) is 4.26. The monoisotopic (exact) mass is 453 g/mol. The zero-order valence-corrected chi connectivity index (χ0v) is 15.1. The van der Waals surface area contributed by atoms with Gasteiger partial charge in [0.1, 0.15) is 0 Å². The van der Waals surface area contributed by atoms with Gasteiger partial charge in [0.25, 0.3) is 0 Å². The van der Waals surface area contributed by atoms with E-state index in [1.54, 1.807) is 0 Å². The molecule has 0 saturated heterocycles. The van der Waals surface area contributed by atoms with Crippen molar-refractivity contribution >= 4 is 5.57 Å². The summed E-state index contributed by atoms with van der Waals surface area (Å²) in [6, 6.07) is 14.1. The summed E-state index contributed by atoms with van der Waals surface area (Å²) >= 11 is 0. The van der Waals surface area contributed by atoms with Crippen LogP contribution in [-0.2, 0) is 30.9 Å². The molecule has 1 heterocycles. The second-order valence-corrected chi connectivity index (χ2v) is 6.86. The number of fused-ring (bicyclic) bond motifs is 4. The van der Waals surface area contributed by atoms with E-state index in [1.165, 1.54) is 27.8 Å². The van der Waals surface area contributed by atoms with Crippen LogP contribution >= 0.6 is 0 Å². The Bertz CT molecular complexity index is 705. The van der Waals surface area contributed by atoms with Crippen molar-refractivity contribution in [3.8, 4) is 0 Å². The fraction of sp³-hybridized carbons (Fsp3) is 0.316. The Hall–Kier alpha value is -1.24. The number of pyridine rings is 1. The number of hydrogen-bond acceptors (Lipinski definition) is 1. The van der Waals surface area contributed by atoms with E-state index in [0.717, 1.165) is 5.69 Å². The standard InChI is InChI=1S/C19H18N.Ir/c1-18(2)13-9-6-5-8-12(13)15-16-14(10-7-11-20-16)19(3,4)17(15)18;/h5-7,9-11H,1-4H3;/q-1;. The normalized spacial score (nSPS) is 19.6. The molecular weight excluding hydrogens is 434 g/mol. The SMILES string of the molecule is CC1(C)C2=C(c3[c-]cccc31)c1ncccc1C2(C)C.[Ir]. The molecule has 0 saturated carbocycles. The first-order valence-electron chi connectivity index (χ1n) is 7.18. The molecule has 2 aromatic rings. The maximum absolute atomic E-state index is 4.68. The van der Waals surface area contributed by atoms with Crippen molar-refractivity contribution in [1.82, 2.24) is 4.98 Å². The molecule has 1 nitrogen and oxygen atoms in total. The van der Waals surface area contributed by atoms with Gasteiger partial charge in [-0.05, 0) is 17.0 Å². The zero-order valence-electron chi connectivity index (χ0n) is 12.7. The maximum atomic E-state index is 4.68. The number of benzene rings is 1. The first-order chi connectivity index (χ1) is 9.45. The molecule has 0 spiro atoms. The Morgan fingerprint density at radius 2 is 1.62 bits per heavy atom.